The summed E-state index contributed by atoms with van der Waals surface area (Å²) in [6.07, 6.45) is 0. The zero-order valence-electron chi connectivity index (χ0n) is 11.6. The Labute approximate surface area is 205 Å². The molecular weight excluding hydrogens is 658 g/mol. The number of halogens is 10. The quantitative estimate of drug-likeness (QED) is 0.183. The molecular formula is H6CaCl5F5O10P6. The van der Waals surface area contributed by atoms with Crippen molar-refractivity contribution in [2.45, 2.75) is 0 Å². The smallest absolute Gasteiger partial charge is 0.763 e. The molecule has 6 unspecified atom stereocenters. The van der Waals surface area contributed by atoms with Gasteiger partial charge in [0.25, 0.3) is 14.1 Å². The molecule has 0 aromatic heterocycles. The Bertz CT molecular complexity index is 403. The van der Waals surface area contributed by atoms with Crippen LogP contribution in [0.5, 0.6) is 0 Å². The molecule has 0 aliphatic carbocycles. The van der Waals surface area contributed by atoms with Crippen LogP contribution in [0.4, 0.5) is 21.0 Å². The molecule has 3 N–H and O–H groups in total. The first kappa shape index (κ1) is 48.2. The minimum absolute atomic E-state index is 0. The fourth-order valence-corrected chi connectivity index (χ4v) is 0. The predicted octanol–water partition coefficient (Wildman–Crippen LogP) is 4.89. The van der Waals surface area contributed by atoms with Crippen molar-refractivity contribution in [2.24, 2.45) is 0 Å². The Morgan fingerprint density at radius 2 is 0.556 bits per heavy atom. The molecule has 0 aromatic carbocycles. The molecule has 168 valence electrons. The maximum Gasteiger partial charge on any atom is 2.00 e. The van der Waals surface area contributed by atoms with E-state index in [1.807, 2.05) is 0 Å². The molecule has 0 spiro atoms. The second-order valence-electron chi connectivity index (χ2n) is 2.13. The minimum atomic E-state index is -4.92. The van der Waals surface area contributed by atoms with Crippen molar-refractivity contribution >= 4 is 139 Å². The molecule has 0 bridgehead atoms. The van der Waals surface area contributed by atoms with Crippen LogP contribution in [0, 0.1) is 0 Å². The average molecular weight is 664 g/mol. The van der Waals surface area contributed by atoms with E-state index in [-0.39, 0.29) is 47.6 Å². The zero-order valence-corrected chi connectivity index (χ0v) is 23.5. The van der Waals surface area contributed by atoms with Gasteiger partial charge in [0.15, 0.2) is 0 Å². The first-order valence-electron chi connectivity index (χ1n) is 3.57. The van der Waals surface area contributed by atoms with Crippen LogP contribution in [0.15, 0.2) is 0 Å². The maximum atomic E-state index is 10.6. The second-order valence-corrected chi connectivity index (χ2v) is 12.6. The Kier molecular flexibility index (Phi) is 38.6. The van der Waals surface area contributed by atoms with Crippen molar-refractivity contribution in [3.8, 4) is 0 Å². The van der Waals surface area contributed by atoms with Gasteiger partial charge in [0.2, 0.25) is 0 Å². The zero-order chi connectivity index (χ0) is 22.5. The average Bonchev–Trinajstić information content (AvgIpc) is 1.79. The molecule has 0 amide bonds. The van der Waals surface area contributed by atoms with E-state index < -0.39 is 35.2 Å². The molecule has 0 aromatic rings. The topological polar surface area (TPSA) is 192 Å². The van der Waals surface area contributed by atoms with Crippen molar-refractivity contribution in [2.75, 3.05) is 0 Å². The third-order valence-electron chi connectivity index (χ3n) is 0. The fraction of sp³-hybridized carbons (Fsp3) is 0. The fourth-order valence-electron chi connectivity index (χ4n) is 0. The van der Waals surface area contributed by atoms with E-state index in [2.05, 4.69) is 56.2 Å². The molecule has 0 saturated carbocycles. The van der Waals surface area contributed by atoms with E-state index in [0.717, 1.165) is 0 Å². The summed E-state index contributed by atoms with van der Waals surface area (Å²) in [5.41, 5.74) is 0. The van der Waals surface area contributed by atoms with Gasteiger partial charge in [-0.3, -0.25) is 9.13 Å². The van der Waals surface area contributed by atoms with Crippen LogP contribution in [0.2, 0.25) is 0 Å². The van der Waals surface area contributed by atoms with Crippen molar-refractivity contribution in [3.63, 3.8) is 0 Å². The van der Waals surface area contributed by atoms with Gasteiger partial charge in [0.1, 0.15) is 0 Å². The van der Waals surface area contributed by atoms with Gasteiger partial charge < -0.3 is 24.5 Å². The molecule has 0 fully saturated rings. The largest absolute Gasteiger partial charge is 2.00 e. The van der Waals surface area contributed by atoms with Crippen LogP contribution in [-0.4, -0.2) is 52.4 Å². The van der Waals surface area contributed by atoms with E-state index in [1.165, 1.54) is 0 Å². The van der Waals surface area contributed by atoms with Crippen LogP contribution in [0.1, 0.15) is 0 Å². The molecule has 0 radical (unpaired) electrons. The van der Waals surface area contributed by atoms with Gasteiger partial charge in [0, 0.05) is 33.7 Å². The molecule has 0 aliphatic heterocycles. The molecule has 6 atom stereocenters. The first-order valence-corrected chi connectivity index (χ1v) is 15.8. The summed E-state index contributed by atoms with van der Waals surface area (Å²) in [4.78, 5) is 39.0. The van der Waals surface area contributed by atoms with Crippen LogP contribution in [-0.2, 0) is 22.8 Å². The standard InChI is InChI=1S/Ca.5ClFHO2P.H3P/c;5*1-5(2,3)4;/h;5*(H,3,4);1H3/q+2;;;;;;/p-2. The van der Waals surface area contributed by atoms with Gasteiger partial charge in [-0.05, 0) is 22.5 Å². The Hall–Kier alpha value is 3.74. The van der Waals surface area contributed by atoms with E-state index in [1.54, 1.807) is 0 Å². The SMILES string of the molecule is O=P(O)(F)Cl.O=P(O)(F)Cl.O=P(O)(F)Cl.O=P([O-])(F)Cl.O=P([O-])(F)Cl.P.[Ca+2]. The van der Waals surface area contributed by atoms with E-state index in [9.17, 15) is 21.0 Å². The molecule has 0 heterocycles. The molecule has 0 aliphatic rings. The predicted molar refractivity (Wildman–Crippen MR) is 96.4 cm³/mol. The summed E-state index contributed by atoms with van der Waals surface area (Å²) in [5, 5.41) is 0. The molecule has 0 saturated heterocycles. The summed E-state index contributed by atoms with van der Waals surface area (Å²) in [7, 11) is -23.8. The Morgan fingerprint density at radius 3 is 0.556 bits per heavy atom. The van der Waals surface area contributed by atoms with Gasteiger partial charge in [-0.25, -0.2) is 13.7 Å². The van der Waals surface area contributed by atoms with E-state index in [0.29, 0.717) is 0 Å². The van der Waals surface area contributed by atoms with Crippen molar-refractivity contribution in [3.05, 3.63) is 0 Å². The summed E-state index contributed by atoms with van der Waals surface area (Å²) in [6, 6.07) is 0. The summed E-state index contributed by atoms with van der Waals surface area (Å²) in [6.45, 7) is 0. The molecule has 27 heavy (non-hydrogen) atoms. The second kappa shape index (κ2) is 21.6. The normalized spacial score (nSPS) is 19.8. The van der Waals surface area contributed by atoms with E-state index >= 15 is 0 Å². The van der Waals surface area contributed by atoms with Gasteiger partial charge >= 0.3 is 58.8 Å². The Morgan fingerprint density at radius 1 is 0.556 bits per heavy atom. The number of rotatable bonds is 0. The minimum Gasteiger partial charge on any atom is -0.763 e. The number of hydrogen-bond donors (Lipinski definition) is 3. The summed E-state index contributed by atoms with van der Waals surface area (Å²) < 4.78 is 96.7. The van der Waals surface area contributed by atoms with Crippen LogP contribution in [0.25, 0.3) is 0 Å². The van der Waals surface area contributed by atoms with Gasteiger partial charge in [-0.1, -0.05) is 0 Å². The first-order chi connectivity index (χ1) is 10.0. The third-order valence-corrected chi connectivity index (χ3v) is 0. The van der Waals surface area contributed by atoms with Crippen molar-refractivity contribution in [1.82, 2.24) is 0 Å². The number of hydrogen-bond acceptors (Lipinski definition) is 7. The van der Waals surface area contributed by atoms with Crippen LogP contribution in [0.3, 0.4) is 0 Å². The summed E-state index contributed by atoms with van der Waals surface area (Å²) in [5.74, 6) is 0. The van der Waals surface area contributed by atoms with Crippen LogP contribution >= 0.6 is 101 Å². The van der Waals surface area contributed by atoms with Crippen LogP contribution < -0.4 is 9.79 Å². The van der Waals surface area contributed by atoms with Gasteiger partial charge in [-0.15, -0.1) is 12.6 Å². The summed E-state index contributed by atoms with van der Waals surface area (Å²) >= 11 is 19.7. The molecule has 0 rings (SSSR count). The van der Waals surface area contributed by atoms with Gasteiger partial charge in [-0.2, -0.15) is 18.3 Å². The van der Waals surface area contributed by atoms with E-state index in [4.69, 9.17) is 47.3 Å². The third kappa shape index (κ3) is 1640. The maximum absolute atomic E-state index is 10.6. The monoisotopic (exact) mass is 662 g/mol. The molecule has 10 nitrogen and oxygen atoms in total. The molecule has 27 heteroatoms. The van der Waals surface area contributed by atoms with Crippen molar-refractivity contribution in [1.29, 1.82) is 0 Å². The Balaban J connectivity index is -0.0000000364. The van der Waals surface area contributed by atoms with Crippen molar-refractivity contribution < 1.29 is 68.3 Å². The van der Waals surface area contributed by atoms with Gasteiger partial charge in [0.05, 0.1) is 0 Å².